The summed E-state index contributed by atoms with van der Waals surface area (Å²) in [5.74, 6) is -1.09. The van der Waals surface area contributed by atoms with Crippen molar-refractivity contribution in [3.8, 4) is 0 Å². The molecule has 0 aliphatic heterocycles. The molecule has 0 aromatic carbocycles. The Labute approximate surface area is 397 Å². The van der Waals surface area contributed by atoms with Gasteiger partial charge in [0.15, 0.2) is 6.10 Å². The van der Waals surface area contributed by atoms with Crippen LogP contribution >= 0.6 is 0 Å². The van der Waals surface area contributed by atoms with Crippen LogP contribution < -0.4 is 0 Å². The Bertz CT molecular complexity index is 1490. The summed E-state index contributed by atoms with van der Waals surface area (Å²) in [5.41, 5.74) is 0. The summed E-state index contributed by atoms with van der Waals surface area (Å²) in [4.78, 5) is 37.9. The van der Waals surface area contributed by atoms with E-state index < -0.39 is 6.10 Å². The van der Waals surface area contributed by atoms with Gasteiger partial charge in [-0.1, -0.05) is 192 Å². The highest BCUT2D eigenvalue weighted by Crippen LogP contribution is 2.11. The normalized spacial score (nSPS) is 13.3. The summed E-state index contributed by atoms with van der Waals surface area (Å²) >= 11 is 0. The van der Waals surface area contributed by atoms with Gasteiger partial charge in [-0.3, -0.25) is 14.4 Å². The molecule has 362 valence electrons. The van der Waals surface area contributed by atoms with E-state index in [1.54, 1.807) is 0 Å². The van der Waals surface area contributed by atoms with Gasteiger partial charge < -0.3 is 14.2 Å². The van der Waals surface area contributed by atoms with Crippen LogP contribution in [0.15, 0.2) is 146 Å². The standard InChI is InChI=1S/C59H90O6/c1-4-7-10-13-16-19-22-25-27-28-29-30-32-34-37-40-43-46-49-52-58(61)64-55-56(54-63-57(60)51-48-45-42-39-36-33-24-21-18-15-12-9-6-3)65-59(62)53-50-47-44-41-38-35-31-26-23-20-17-14-11-8-5-2/h7-8,10-12,15-17,19-21,24-27,29-31,34,37-38,41,43,46,56H,4-6,9,13-14,18,22-23,28,32-33,35-36,39-40,42,44-45,47-55H2,1-3H3/b10-7-,11-8-,15-12-,19-16-,20-17-,24-21-,27-25-,30-29-,31-26-,37-34-,41-38-,46-43-. The van der Waals surface area contributed by atoms with Gasteiger partial charge >= 0.3 is 17.9 Å². The van der Waals surface area contributed by atoms with Gasteiger partial charge in [-0.25, -0.2) is 0 Å². The summed E-state index contributed by atoms with van der Waals surface area (Å²) < 4.78 is 16.7. The van der Waals surface area contributed by atoms with Gasteiger partial charge in [-0.2, -0.15) is 0 Å². The first-order chi connectivity index (χ1) is 32.0. The molecule has 0 heterocycles. The summed E-state index contributed by atoms with van der Waals surface area (Å²) in [6.07, 6.45) is 74.1. The lowest BCUT2D eigenvalue weighted by Crippen LogP contribution is -2.30. The highest BCUT2D eigenvalue weighted by atomic mass is 16.6. The van der Waals surface area contributed by atoms with Gasteiger partial charge in [-0.05, 0) is 122 Å². The van der Waals surface area contributed by atoms with Gasteiger partial charge in [0.2, 0.25) is 0 Å². The smallest absolute Gasteiger partial charge is 0.306 e. The largest absolute Gasteiger partial charge is 0.462 e. The molecule has 65 heavy (non-hydrogen) atoms. The van der Waals surface area contributed by atoms with Crippen LogP contribution in [-0.2, 0) is 28.6 Å². The maximum Gasteiger partial charge on any atom is 0.306 e. The van der Waals surface area contributed by atoms with Crippen LogP contribution in [0.2, 0.25) is 0 Å². The number of carbonyl (C=O) groups excluding carboxylic acids is 3. The fourth-order valence-electron chi connectivity index (χ4n) is 6.08. The maximum absolute atomic E-state index is 12.8. The minimum Gasteiger partial charge on any atom is -0.462 e. The summed E-state index contributed by atoms with van der Waals surface area (Å²) in [5, 5.41) is 0. The van der Waals surface area contributed by atoms with Crippen molar-refractivity contribution in [1.82, 2.24) is 0 Å². The third-order valence-electron chi connectivity index (χ3n) is 9.80. The number of allylic oxidation sites excluding steroid dienone is 24. The molecule has 0 rings (SSSR count). The average molecular weight is 895 g/mol. The molecule has 0 fully saturated rings. The van der Waals surface area contributed by atoms with Crippen molar-refractivity contribution in [2.45, 2.75) is 194 Å². The van der Waals surface area contributed by atoms with Crippen molar-refractivity contribution in [2.24, 2.45) is 0 Å². The van der Waals surface area contributed by atoms with Gasteiger partial charge in [-0.15, -0.1) is 0 Å². The highest BCUT2D eigenvalue weighted by molar-refractivity contribution is 5.71. The van der Waals surface area contributed by atoms with Crippen LogP contribution in [0.5, 0.6) is 0 Å². The number of hydrogen-bond acceptors (Lipinski definition) is 6. The van der Waals surface area contributed by atoms with E-state index in [4.69, 9.17) is 14.2 Å². The predicted molar refractivity (Wildman–Crippen MR) is 279 cm³/mol. The molecular formula is C59H90O6. The summed E-state index contributed by atoms with van der Waals surface area (Å²) in [7, 11) is 0. The van der Waals surface area contributed by atoms with Crippen LogP contribution in [0, 0.1) is 0 Å². The van der Waals surface area contributed by atoms with Crippen molar-refractivity contribution in [3.05, 3.63) is 146 Å². The lowest BCUT2D eigenvalue weighted by Gasteiger charge is -2.18. The fraction of sp³-hybridized carbons (Fsp3) is 0.542. The first kappa shape index (κ1) is 60.3. The Morgan fingerprint density at radius 1 is 0.323 bits per heavy atom. The lowest BCUT2D eigenvalue weighted by atomic mass is 10.1. The van der Waals surface area contributed by atoms with Gasteiger partial charge in [0.05, 0.1) is 0 Å². The molecule has 0 saturated carbocycles. The molecule has 0 radical (unpaired) electrons. The second kappa shape index (κ2) is 51.9. The molecular weight excluding hydrogens is 805 g/mol. The second-order valence-corrected chi connectivity index (χ2v) is 16.0. The van der Waals surface area contributed by atoms with E-state index in [1.165, 1.54) is 6.42 Å². The number of ether oxygens (including phenoxy) is 3. The van der Waals surface area contributed by atoms with Crippen LogP contribution in [0.25, 0.3) is 0 Å². The second-order valence-electron chi connectivity index (χ2n) is 16.0. The minimum atomic E-state index is -0.842. The Morgan fingerprint density at radius 3 is 1.06 bits per heavy atom. The van der Waals surface area contributed by atoms with Crippen molar-refractivity contribution in [1.29, 1.82) is 0 Å². The van der Waals surface area contributed by atoms with Gasteiger partial charge in [0.25, 0.3) is 0 Å². The van der Waals surface area contributed by atoms with E-state index >= 15 is 0 Å². The zero-order valence-electron chi connectivity index (χ0n) is 41.2. The van der Waals surface area contributed by atoms with E-state index in [9.17, 15) is 14.4 Å². The fourth-order valence-corrected chi connectivity index (χ4v) is 6.08. The average Bonchev–Trinajstić information content (AvgIpc) is 3.30. The monoisotopic (exact) mass is 895 g/mol. The van der Waals surface area contributed by atoms with E-state index in [0.29, 0.717) is 19.3 Å². The van der Waals surface area contributed by atoms with Crippen LogP contribution in [0.4, 0.5) is 0 Å². The zero-order valence-corrected chi connectivity index (χ0v) is 41.2. The Balaban J connectivity index is 4.62. The van der Waals surface area contributed by atoms with Crippen molar-refractivity contribution >= 4 is 17.9 Å². The quantitative estimate of drug-likeness (QED) is 0.0263. The van der Waals surface area contributed by atoms with E-state index in [-0.39, 0.29) is 44.0 Å². The first-order valence-corrected chi connectivity index (χ1v) is 25.3. The molecule has 1 atom stereocenters. The van der Waals surface area contributed by atoms with Gasteiger partial charge in [0, 0.05) is 19.3 Å². The lowest BCUT2D eigenvalue weighted by molar-refractivity contribution is -0.166. The SMILES string of the molecule is CC/C=C\C/C=C\C/C=C\C/C=C\C/C=C\C/C=C\CCC(=O)OCC(COC(=O)CCCCCCC/C=C\C/C=C\CCC)OC(=O)CCCC/C=C\C/C=C\C/C=C\C/C=C\CC. The Kier molecular flexibility index (Phi) is 48.2. The molecule has 6 nitrogen and oxygen atoms in total. The Morgan fingerprint density at radius 2 is 0.631 bits per heavy atom. The molecule has 0 N–H and O–H groups in total. The third-order valence-corrected chi connectivity index (χ3v) is 9.80. The van der Waals surface area contributed by atoms with E-state index in [0.717, 1.165) is 128 Å². The van der Waals surface area contributed by atoms with Crippen LogP contribution in [0.3, 0.4) is 0 Å². The molecule has 1 unspecified atom stereocenters. The maximum atomic E-state index is 12.8. The number of carbonyl (C=O) groups is 3. The van der Waals surface area contributed by atoms with Crippen LogP contribution in [0.1, 0.15) is 188 Å². The predicted octanol–water partition coefficient (Wildman–Crippen LogP) is 16.9. The van der Waals surface area contributed by atoms with Crippen molar-refractivity contribution in [2.75, 3.05) is 13.2 Å². The zero-order chi connectivity index (χ0) is 47.2. The molecule has 6 heteroatoms. The Hall–Kier alpha value is -4.71. The summed E-state index contributed by atoms with van der Waals surface area (Å²) in [6.45, 7) is 6.20. The molecule has 0 aliphatic rings. The molecule has 0 amide bonds. The molecule has 0 aromatic heterocycles. The number of unbranched alkanes of at least 4 members (excludes halogenated alkanes) is 8. The van der Waals surface area contributed by atoms with Gasteiger partial charge in [0.1, 0.15) is 13.2 Å². The number of hydrogen-bond donors (Lipinski definition) is 0. The minimum absolute atomic E-state index is 0.132. The molecule has 0 aliphatic carbocycles. The molecule has 0 bridgehead atoms. The molecule has 0 spiro atoms. The topological polar surface area (TPSA) is 78.9 Å². The molecule has 0 aromatic rings. The van der Waals surface area contributed by atoms with Crippen molar-refractivity contribution < 1.29 is 28.6 Å². The number of rotatable bonds is 43. The molecule has 0 saturated heterocycles. The first-order valence-electron chi connectivity index (χ1n) is 25.3. The van der Waals surface area contributed by atoms with E-state index in [1.807, 2.05) is 12.2 Å². The third kappa shape index (κ3) is 50.2. The van der Waals surface area contributed by atoms with E-state index in [2.05, 4.69) is 154 Å². The van der Waals surface area contributed by atoms with Crippen LogP contribution in [-0.4, -0.2) is 37.2 Å². The van der Waals surface area contributed by atoms with Crippen molar-refractivity contribution in [3.63, 3.8) is 0 Å². The number of esters is 3. The summed E-state index contributed by atoms with van der Waals surface area (Å²) in [6, 6.07) is 0. The highest BCUT2D eigenvalue weighted by Gasteiger charge is 2.19.